The highest BCUT2D eigenvalue weighted by Crippen LogP contribution is 2.35. The lowest BCUT2D eigenvalue weighted by Crippen LogP contribution is -2.22. The quantitative estimate of drug-likeness (QED) is 0.781. The van der Waals surface area contributed by atoms with E-state index in [1.807, 2.05) is 24.3 Å². The van der Waals surface area contributed by atoms with E-state index in [4.69, 9.17) is 9.15 Å². The number of hydrogen-bond donors (Lipinski definition) is 1. The van der Waals surface area contributed by atoms with E-state index in [-0.39, 0.29) is 11.9 Å². The maximum atomic E-state index is 13.2. The molecule has 1 aliphatic heterocycles. The van der Waals surface area contributed by atoms with Crippen LogP contribution >= 0.6 is 0 Å². The van der Waals surface area contributed by atoms with Crippen molar-refractivity contribution in [3.05, 3.63) is 65.7 Å². The maximum Gasteiger partial charge on any atom is 0.149 e. The summed E-state index contributed by atoms with van der Waals surface area (Å²) in [6.07, 6.45) is -0.636. The molecule has 1 aromatic heterocycles. The van der Waals surface area contributed by atoms with Crippen LogP contribution in [0.2, 0.25) is 0 Å². The Hall–Kier alpha value is -2.33. The number of aliphatic hydroxyl groups excluding tert-OH is 1. The zero-order valence-corrected chi connectivity index (χ0v) is 11.1. The Morgan fingerprint density at radius 1 is 1.14 bits per heavy atom. The Balaban J connectivity index is 1.64. The number of benzene rings is 2. The lowest BCUT2D eigenvalue weighted by atomic mass is 10.0. The van der Waals surface area contributed by atoms with Crippen molar-refractivity contribution in [2.45, 2.75) is 18.6 Å². The maximum absolute atomic E-state index is 13.2. The Bertz CT molecular complexity index is 784. The Morgan fingerprint density at radius 3 is 2.86 bits per heavy atom. The number of para-hydroxylation sites is 1. The van der Waals surface area contributed by atoms with Gasteiger partial charge in [-0.25, -0.2) is 4.39 Å². The van der Waals surface area contributed by atoms with Crippen molar-refractivity contribution in [2.24, 2.45) is 0 Å². The number of furan rings is 1. The van der Waals surface area contributed by atoms with Crippen LogP contribution < -0.4 is 4.74 Å². The lowest BCUT2D eigenvalue weighted by molar-refractivity contribution is 0.0351. The second-order valence-electron chi connectivity index (χ2n) is 5.24. The molecule has 0 bridgehead atoms. The second-order valence-corrected chi connectivity index (χ2v) is 5.24. The van der Waals surface area contributed by atoms with Crippen molar-refractivity contribution in [2.75, 3.05) is 0 Å². The Kier molecular flexibility index (Phi) is 2.72. The first-order valence-electron chi connectivity index (χ1n) is 6.82. The van der Waals surface area contributed by atoms with Crippen LogP contribution in [0.15, 0.2) is 52.9 Å². The van der Waals surface area contributed by atoms with Crippen LogP contribution in [-0.4, -0.2) is 11.2 Å². The molecule has 1 N–H and O–H groups in total. The summed E-state index contributed by atoms with van der Waals surface area (Å²) >= 11 is 0. The second kappa shape index (κ2) is 4.60. The highest BCUT2D eigenvalue weighted by atomic mass is 19.1. The Labute approximate surface area is 120 Å². The topological polar surface area (TPSA) is 42.6 Å². The summed E-state index contributed by atoms with van der Waals surface area (Å²) in [4.78, 5) is 0. The third kappa shape index (κ3) is 2.08. The van der Waals surface area contributed by atoms with Crippen LogP contribution in [-0.2, 0) is 6.42 Å². The summed E-state index contributed by atoms with van der Waals surface area (Å²) < 4.78 is 24.6. The van der Waals surface area contributed by atoms with Gasteiger partial charge in [-0.3, -0.25) is 0 Å². The third-order valence-corrected chi connectivity index (χ3v) is 3.81. The minimum atomic E-state index is -0.882. The molecule has 0 saturated heterocycles. The molecular formula is C17H13FO3. The Morgan fingerprint density at radius 2 is 2.00 bits per heavy atom. The summed E-state index contributed by atoms with van der Waals surface area (Å²) in [6.45, 7) is 0. The highest BCUT2D eigenvalue weighted by Gasteiger charge is 2.32. The predicted octanol–water partition coefficient (Wildman–Crippen LogP) is 3.61. The van der Waals surface area contributed by atoms with Gasteiger partial charge in [-0.2, -0.15) is 0 Å². The van der Waals surface area contributed by atoms with Gasteiger partial charge in [-0.15, -0.1) is 0 Å². The van der Waals surface area contributed by atoms with E-state index in [9.17, 15) is 9.50 Å². The molecule has 0 amide bonds. The molecule has 2 aromatic carbocycles. The summed E-state index contributed by atoms with van der Waals surface area (Å²) in [7, 11) is 0. The number of ether oxygens (including phenoxy) is 1. The molecule has 0 fully saturated rings. The van der Waals surface area contributed by atoms with E-state index in [1.54, 1.807) is 12.1 Å². The first-order chi connectivity index (χ1) is 10.2. The molecule has 1 aliphatic rings. The van der Waals surface area contributed by atoms with Gasteiger partial charge in [0, 0.05) is 11.8 Å². The summed E-state index contributed by atoms with van der Waals surface area (Å²) in [5.41, 5.74) is 1.63. The fourth-order valence-electron chi connectivity index (χ4n) is 2.75. The average molecular weight is 284 g/mol. The largest absolute Gasteiger partial charge is 0.487 e. The minimum absolute atomic E-state index is 0.325. The summed E-state index contributed by atoms with van der Waals surface area (Å²) in [6, 6.07) is 13.7. The fourth-order valence-corrected chi connectivity index (χ4v) is 2.75. The van der Waals surface area contributed by atoms with Gasteiger partial charge in [-0.1, -0.05) is 18.2 Å². The molecular weight excluding hydrogens is 271 g/mol. The van der Waals surface area contributed by atoms with Gasteiger partial charge in [0.1, 0.15) is 35.1 Å². The smallest absolute Gasteiger partial charge is 0.149 e. The first kappa shape index (κ1) is 12.4. The fraction of sp³-hybridized carbons (Fsp3) is 0.176. The number of aliphatic hydroxyl groups is 1. The van der Waals surface area contributed by atoms with Crippen molar-refractivity contribution >= 4 is 11.0 Å². The van der Waals surface area contributed by atoms with E-state index in [0.717, 1.165) is 11.3 Å². The number of fused-ring (bicyclic) bond motifs is 2. The molecule has 106 valence electrons. The summed E-state index contributed by atoms with van der Waals surface area (Å²) in [5.74, 6) is 0.867. The minimum Gasteiger partial charge on any atom is -0.487 e. The number of halogens is 1. The molecule has 2 atom stereocenters. The normalized spacial score (nSPS) is 18.5. The predicted molar refractivity (Wildman–Crippen MR) is 75.7 cm³/mol. The van der Waals surface area contributed by atoms with Gasteiger partial charge in [0.2, 0.25) is 0 Å². The highest BCUT2D eigenvalue weighted by molar-refractivity contribution is 5.78. The number of hydrogen-bond acceptors (Lipinski definition) is 3. The molecule has 3 aromatic rings. The average Bonchev–Trinajstić information content (AvgIpc) is 3.09. The lowest BCUT2D eigenvalue weighted by Gasteiger charge is -2.15. The van der Waals surface area contributed by atoms with Crippen molar-refractivity contribution in [3.63, 3.8) is 0 Å². The molecule has 0 radical (unpaired) electrons. The van der Waals surface area contributed by atoms with Gasteiger partial charge in [0.05, 0.1) is 0 Å². The van der Waals surface area contributed by atoms with E-state index < -0.39 is 6.10 Å². The van der Waals surface area contributed by atoms with Crippen molar-refractivity contribution < 1.29 is 18.7 Å². The molecule has 4 heteroatoms. The third-order valence-electron chi connectivity index (χ3n) is 3.81. The van der Waals surface area contributed by atoms with Crippen LogP contribution in [0.3, 0.4) is 0 Å². The SMILES string of the molecule is OC(c1cc2cc(F)ccc2o1)C1Cc2ccccc2O1. The summed E-state index contributed by atoms with van der Waals surface area (Å²) in [5, 5.41) is 11.1. The van der Waals surface area contributed by atoms with E-state index in [0.29, 0.717) is 23.2 Å². The van der Waals surface area contributed by atoms with Gasteiger partial charge in [-0.05, 0) is 35.9 Å². The number of rotatable bonds is 2. The standard InChI is InChI=1S/C17H13FO3/c18-12-5-6-14-11(7-12)9-16(21-14)17(19)15-8-10-3-1-2-4-13(10)20-15/h1-7,9,15,17,19H,8H2. The van der Waals surface area contributed by atoms with Crippen LogP contribution in [0, 0.1) is 5.82 Å². The van der Waals surface area contributed by atoms with E-state index >= 15 is 0 Å². The molecule has 4 rings (SSSR count). The molecule has 0 aliphatic carbocycles. The van der Waals surface area contributed by atoms with Crippen LogP contribution in [0.25, 0.3) is 11.0 Å². The van der Waals surface area contributed by atoms with Crippen molar-refractivity contribution in [3.8, 4) is 5.75 Å². The zero-order chi connectivity index (χ0) is 14.4. The molecule has 2 unspecified atom stereocenters. The first-order valence-corrected chi connectivity index (χ1v) is 6.82. The van der Waals surface area contributed by atoms with Crippen molar-refractivity contribution in [1.29, 1.82) is 0 Å². The van der Waals surface area contributed by atoms with Crippen molar-refractivity contribution in [1.82, 2.24) is 0 Å². The molecule has 21 heavy (non-hydrogen) atoms. The monoisotopic (exact) mass is 284 g/mol. The van der Waals surface area contributed by atoms with Crippen LogP contribution in [0.5, 0.6) is 5.75 Å². The molecule has 2 heterocycles. The van der Waals surface area contributed by atoms with Crippen LogP contribution in [0.4, 0.5) is 4.39 Å². The molecule has 3 nitrogen and oxygen atoms in total. The van der Waals surface area contributed by atoms with Gasteiger partial charge in [0.15, 0.2) is 0 Å². The van der Waals surface area contributed by atoms with Crippen LogP contribution in [0.1, 0.15) is 17.4 Å². The van der Waals surface area contributed by atoms with Gasteiger partial charge in [0.25, 0.3) is 0 Å². The van der Waals surface area contributed by atoms with Gasteiger partial charge < -0.3 is 14.3 Å². The van der Waals surface area contributed by atoms with Gasteiger partial charge >= 0.3 is 0 Å². The van der Waals surface area contributed by atoms with E-state index in [1.165, 1.54) is 12.1 Å². The molecule has 0 spiro atoms. The van der Waals surface area contributed by atoms with E-state index in [2.05, 4.69) is 0 Å². The molecule has 0 saturated carbocycles. The zero-order valence-electron chi connectivity index (χ0n) is 11.1.